The molecule has 0 aromatic heterocycles. The third-order valence-corrected chi connectivity index (χ3v) is 5.84. The van der Waals surface area contributed by atoms with Gasteiger partial charge in [0.1, 0.15) is 0 Å². The SMILES string of the molecule is C=C[C@H](CS)NC(=O)C[C@@H](C)[C@@H](C)C[C@H](C)CCN(C)C(=O)[C@H](C)CC. The van der Waals surface area contributed by atoms with Crippen molar-refractivity contribution >= 4 is 24.4 Å². The molecule has 0 saturated carbocycles. The number of nitrogens with one attached hydrogen (secondary N) is 1. The first-order valence-corrected chi connectivity index (χ1v) is 10.6. The Morgan fingerprint density at radius 1 is 1.19 bits per heavy atom. The number of rotatable bonds is 13. The van der Waals surface area contributed by atoms with Gasteiger partial charge in [-0.3, -0.25) is 9.59 Å². The first-order chi connectivity index (χ1) is 12.2. The summed E-state index contributed by atoms with van der Waals surface area (Å²) in [6.07, 6.45) is 5.20. The van der Waals surface area contributed by atoms with Gasteiger partial charge in [0.05, 0.1) is 6.04 Å². The van der Waals surface area contributed by atoms with E-state index in [1.807, 2.05) is 25.8 Å². The zero-order valence-electron chi connectivity index (χ0n) is 17.6. The number of carbonyl (C=O) groups is 2. The Hall–Kier alpha value is -0.970. The molecule has 0 aromatic carbocycles. The van der Waals surface area contributed by atoms with E-state index in [4.69, 9.17) is 0 Å². The molecule has 0 aliphatic rings. The molecule has 5 heteroatoms. The van der Waals surface area contributed by atoms with E-state index in [1.54, 1.807) is 6.08 Å². The van der Waals surface area contributed by atoms with Gasteiger partial charge in [0.2, 0.25) is 11.8 Å². The van der Waals surface area contributed by atoms with E-state index in [0.29, 0.717) is 29.9 Å². The maximum atomic E-state index is 12.1. The molecule has 1 N–H and O–H groups in total. The molecule has 0 radical (unpaired) electrons. The molecule has 0 spiro atoms. The minimum Gasteiger partial charge on any atom is -0.349 e. The summed E-state index contributed by atoms with van der Waals surface area (Å²) in [7, 11) is 1.90. The summed E-state index contributed by atoms with van der Waals surface area (Å²) in [5.74, 6) is 2.28. The van der Waals surface area contributed by atoms with Crippen LogP contribution in [0.15, 0.2) is 12.7 Å². The molecular weight excluding hydrogens is 344 g/mol. The fraction of sp³-hybridized carbons (Fsp3) is 0.810. The first kappa shape index (κ1) is 25.0. The van der Waals surface area contributed by atoms with Gasteiger partial charge in [-0.25, -0.2) is 0 Å². The molecule has 0 fully saturated rings. The molecule has 0 aliphatic carbocycles. The Labute approximate surface area is 166 Å². The Morgan fingerprint density at radius 2 is 1.81 bits per heavy atom. The first-order valence-electron chi connectivity index (χ1n) is 9.93. The smallest absolute Gasteiger partial charge is 0.225 e. The van der Waals surface area contributed by atoms with Crippen molar-refractivity contribution < 1.29 is 9.59 Å². The van der Waals surface area contributed by atoms with E-state index in [2.05, 4.69) is 45.3 Å². The standard InChI is InChI=1S/C21H40N2O2S/c1-8-16(4)21(25)23(7)11-10-15(3)12-17(5)18(6)13-20(24)22-19(9-2)14-26/h9,15-19,26H,2,8,10-14H2,1,3-7H3,(H,22,24)/t15-,16-,17+,18-,19-/m1/s1. The van der Waals surface area contributed by atoms with Gasteiger partial charge in [-0.1, -0.05) is 40.7 Å². The van der Waals surface area contributed by atoms with Crippen molar-refractivity contribution in [2.75, 3.05) is 19.3 Å². The lowest BCUT2D eigenvalue weighted by atomic mass is 9.84. The van der Waals surface area contributed by atoms with Gasteiger partial charge < -0.3 is 10.2 Å². The maximum absolute atomic E-state index is 12.1. The van der Waals surface area contributed by atoms with Crippen LogP contribution in [0.4, 0.5) is 0 Å². The molecule has 0 aliphatic heterocycles. The molecule has 0 unspecified atom stereocenters. The van der Waals surface area contributed by atoms with Crippen molar-refractivity contribution in [1.82, 2.24) is 10.2 Å². The Morgan fingerprint density at radius 3 is 2.31 bits per heavy atom. The molecule has 0 bridgehead atoms. The molecule has 152 valence electrons. The molecule has 0 heterocycles. The zero-order chi connectivity index (χ0) is 20.3. The van der Waals surface area contributed by atoms with Crippen molar-refractivity contribution in [1.29, 1.82) is 0 Å². The molecule has 0 saturated heterocycles. The summed E-state index contributed by atoms with van der Waals surface area (Å²) >= 11 is 4.21. The fourth-order valence-electron chi connectivity index (χ4n) is 3.00. The lowest BCUT2D eigenvalue weighted by Crippen LogP contribution is -2.36. The van der Waals surface area contributed by atoms with Crippen molar-refractivity contribution in [2.24, 2.45) is 23.7 Å². The van der Waals surface area contributed by atoms with Gasteiger partial charge in [-0.15, -0.1) is 6.58 Å². The summed E-state index contributed by atoms with van der Waals surface area (Å²) in [5, 5.41) is 2.95. The summed E-state index contributed by atoms with van der Waals surface area (Å²) in [5.41, 5.74) is 0. The van der Waals surface area contributed by atoms with Crippen LogP contribution in [0.2, 0.25) is 0 Å². The van der Waals surface area contributed by atoms with Crippen LogP contribution < -0.4 is 5.32 Å². The second-order valence-electron chi connectivity index (χ2n) is 7.95. The number of amides is 2. The Balaban J connectivity index is 4.27. The second-order valence-corrected chi connectivity index (χ2v) is 8.31. The van der Waals surface area contributed by atoms with Crippen molar-refractivity contribution in [3.63, 3.8) is 0 Å². The van der Waals surface area contributed by atoms with Gasteiger partial charge in [0.15, 0.2) is 0 Å². The average molecular weight is 385 g/mol. The van der Waals surface area contributed by atoms with Crippen LogP contribution in [0.25, 0.3) is 0 Å². The number of hydrogen-bond donors (Lipinski definition) is 2. The highest BCUT2D eigenvalue weighted by Crippen LogP contribution is 2.24. The zero-order valence-corrected chi connectivity index (χ0v) is 18.5. The normalized spacial score (nSPS) is 16.9. The average Bonchev–Trinajstić information content (AvgIpc) is 2.62. The summed E-state index contributed by atoms with van der Waals surface area (Å²) in [6.45, 7) is 15.1. The highest BCUT2D eigenvalue weighted by molar-refractivity contribution is 7.80. The monoisotopic (exact) mass is 384 g/mol. The highest BCUT2D eigenvalue weighted by Gasteiger charge is 2.21. The topological polar surface area (TPSA) is 49.4 Å². The summed E-state index contributed by atoms with van der Waals surface area (Å²) in [6, 6.07) is -0.0640. The van der Waals surface area contributed by atoms with Crippen LogP contribution in [0.3, 0.4) is 0 Å². The number of nitrogens with zero attached hydrogens (tertiary/aromatic N) is 1. The quantitative estimate of drug-likeness (QED) is 0.370. The Kier molecular flexibility index (Phi) is 12.7. The minimum absolute atomic E-state index is 0.0640. The van der Waals surface area contributed by atoms with Crippen LogP contribution in [-0.2, 0) is 9.59 Å². The van der Waals surface area contributed by atoms with Crippen LogP contribution in [0.5, 0.6) is 0 Å². The van der Waals surface area contributed by atoms with Crippen LogP contribution in [-0.4, -0.2) is 42.1 Å². The van der Waals surface area contributed by atoms with Crippen LogP contribution in [0, 0.1) is 23.7 Å². The van der Waals surface area contributed by atoms with Crippen molar-refractivity contribution in [3.05, 3.63) is 12.7 Å². The lowest BCUT2D eigenvalue weighted by molar-refractivity contribution is -0.134. The van der Waals surface area contributed by atoms with Gasteiger partial charge in [0, 0.05) is 31.7 Å². The molecule has 5 atom stereocenters. The number of hydrogen-bond acceptors (Lipinski definition) is 3. The van der Waals surface area contributed by atoms with Crippen LogP contribution in [0.1, 0.15) is 60.3 Å². The molecular formula is C21H40N2O2S. The molecule has 4 nitrogen and oxygen atoms in total. The predicted molar refractivity (Wildman–Crippen MR) is 114 cm³/mol. The van der Waals surface area contributed by atoms with E-state index in [1.165, 1.54) is 0 Å². The second kappa shape index (κ2) is 13.2. The highest BCUT2D eigenvalue weighted by atomic mass is 32.1. The summed E-state index contributed by atoms with van der Waals surface area (Å²) in [4.78, 5) is 26.1. The van der Waals surface area contributed by atoms with Gasteiger partial charge in [-0.2, -0.15) is 12.6 Å². The minimum atomic E-state index is -0.0640. The van der Waals surface area contributed by atoms with Gasteiger partial charge >= 0.3 is 0 Å². The van der Waals surface area contributed by atoms with E-state index >= 15 is 0 Å². The van der Waals surface area contributed by atoms with E-state index < -0.39 is 0 Å². The maximum Gasteiger partial charge on any atom is 0.225 e. The predicted octanol–water partition coefficient (Wildman–Crippen LogP) is 4.17. The largest absolute Gasteiger partial charge is 0.349 e. The molecule has 26 heavy (non-hydrogen) atoms. The van der Waals surface area contributed by atoms with Gasteiger partial charge in [-0.05, 0) is 37.0 Å². The molecule has 0 aromatic rings. The van der Waals surface area contributed by atoms with E-state index in [9.17, 15) is 9.59 Å². The lowest BCUT2D eigenvalue weighted by Gasteiger charge is -2.26. The summed E-state index contributed by atoms with van der Waals surface area (Å²) < 4.78 is 0. The Bertz CT molecular complexity index is 442. The van der Waals surface area contributed by atoms with Crippen molar-refractivity contribution in [2.45, 2.75) is 66.3 Å². The fourth-order valence-corrected chi connectivity index (χ4v) is 3.24. The third kappa shape index (κ3) is 9.65. The molecule has 2 amide bonds. The molecule has 0 rings (SSSR count). The van der Waals surface area contributed by atoms with Gasteiger partial charge in [0.25, 0.3) is 0 Å². The third-order valence-electron chi connectivity index (χ3n) is 5.45. The number of thiol groups is 1. The van der Waals surface area contributed by atoms with E-state index in [0.717, 1.165) is 25.8 Å². The van der Waals surface area contributed by atoms with Crippen molar-refractivity contribution in [3.8, 4) is 0 Å². The number of carbonyl (C=O) groups excluding carboxylic acids is 2. The van der Waals surface area contributed by atoms with Crippen LogP contribution >= 0.6 is 12.6 Å². The van der Waals surface area contributed by atoms with E-state index in [-0.39, 0.29) is 23.8 Å².